The molecular weight excluding hydrogens is 225 g/mol. The van der Waals surface area contributed by atoms with Gasteiger partial charge in [0.05, 0.1) is 5.56 Å². The molecule has 16 heavy (non-hydrogen) atoms. The number of aliphatic carboxylic acids is 1. The molecule has 1 atom stereocenters. The first-order chi connectivity index (χ1) is 7.23. The second-order valence-corrected chi connectivity index (χ2v) is 3.31. The van der Waals surface area contributed by atoms with E-state index >= 15 is 0 Å². The smallest absolute Gasteiger partial charge is 0.416 e. The Kier molecular flexibility index (Phi) is 3.23. The molecule has 88 valence electrons. The van der Waals surface area contributed by atoms with Crippen molar-refractivity contribution < 1.29 is 28.2 Å². The van der Waals surface area contributed by atoms with Gasteiger partial charge in [-0.1, -0.05) is 12.1 Å². The molecule has 0 radical (unpaired) electrons. The maximum Gasteiger partial charge on any atom is 0.416 e. The number of halogens is 3. The van der Waals surface area contributed by atoms with Gasteiger partial charge in [0.1, 0.15) is 0 Å². The average Bonchev–Trinajstić information content (AvgIpc) is 2.14. The lowest BCUT2D eigenvalue weighted by Crippen LogP contribution is -2.12. The van der Waals surface area contributed by atoms with Crippen LogP contribution in [0, 0.1) is 6.92 Å². The highest BCUT2D eigenvalue weighted by molar-refractivity contribution is 5.74. The first-order valence-corrected chi connectivity index (χ1v) is 4.32. The lowest BCUT2D eigenvalue weighted by Gasteiger charge is -2.12. The van der Waals surface area contributed by atoms with Crippen LogP contribution in [-0.2, 0) is 11.0 Å². The van der Waals surface area contributed by atoms with E-state index in [4.69, 9.17) is 10.2 Å². The summed E-state index contributed by atoms with van der Waals surface area (Å²) in [5.41, 5.74) is -1.03. The van der Waals surface area contributed by atoms with Gasteiger partial charge in [-0.2, -0.15) is 13.2 Å². The third kappa shape index (κ3) is 2.52. The van der Waals surface area contributed by atoms with Gasteiger partial charge < -0.3 is 10.2 Å². The van der Waals surface area contributed by atoms with Gasteiger partial charge in [-0.3, -0.25) is 0 Å². The molecule has 0 heterocycles. The summed E-state index contributed by atoms with van der Waals surface area (Å²) < 4.78 is 37.1. The van der Waals surface area contributed by atoms with E-state index in [-0.39, 0.29) is 11.1 Å². The number of aliphatic hydroxyl groups is 1. The maximum absolute atomic E-state index is 12.4. The zero-order valence-electron chi connectivity index (χ0n) is 8.25. The molecule has 6 heteroatoms. The number of carbonyl (C=O) groups is 1. The largest absolute Gasteiger partial charge is 0.479 e. The number of alkyl halides is 3. The second kappa shape index (κ2) is 4.13. The molecule has 1 aromatic carbocycles. The Morgan fingerprint density at radius 1 is 1.38 bits per heavy atom. The molecule has 1 aromatic rings. The number of aryl methyl sites for hydroxylation is 1. The van der Waals surface area contributed by atoms with Crippen molar-refractivity contribution in [3.63, 3.8) is 0 Å². The standard InChI is InChI=1S/C10H9F3O3/c1-5-4-6(8(14)9(15)16)2-3-7(5)10(11,12)13/h2-4,8,14H,1H3,(H,15,16). The molecule has 0 aliphatic carbocycles. The molecular formula is C10H9F3O3. The molecule has 1 unspecified atom stereocenters. The Morgan fingerprint density at radius 2 is 1.94 bits per heavy atom. The molecule has 0 amide bonds. The highest BCUT2D eigenvalue weighted by Gasteiger charge is 2.32. The van der Waals surface area contributed by atoms with Gasteiger partial charge in [0.25, 0.3) is 0 Å². The van der Waals surface area contributed by atoms with E-state index in [0.29, 0.717) is 0 Å². The van der Waals surface area contributed by atoms with Crippen LogP contribution in [0.1, 0.15) is 22.8 Å². The topological polar surface area (TPSA) is 57.5 Å². The molecule has 3 nitrogen and oxygen atoms in total. The molecule has 0 bridgehead atoms. The monoisotopic (exact) mass is 234 g/mol. The normalized spacial score (nSPS) is 13.6. The minimum Gasteiger partial charge on any atom is -0.479 e. The number of carboxylic acid groups (broad SMARTS) is 1. The summed E-state index contributed by atoms with van der Waals surface area (Å²) in [6.07, 6.45) is -6.28. The van der Waals surface area contributed by atoms with Crippen LogP contribution in [0.15, 0.2) is 18.2 Å². The summed E-state index contributed by atoms with van der Waals surface area (Å²) in [5, 5.41) is 17.6. The molecule has 1 rings (SSSR count). The summed E-state index contributed by atoms with van der Waals surface area (Å²) in [6, 6.07) is 2.73. The summed E-state index contributed by atoms with van der Waals surface area (Å²) in [5.74, 6) is -1.50. The summed E-state index contributed by atoms with van der Waals surface area (Å²) in [4.78, 5) is 10.4. The summed E-state index contributed by atoms with van der Waals surface area (Å²) in [6.45, 7) is 1.21. The van der Waals surface area contributed by atoms with E-state index in [1.165, 1.54) is 6.92 Å². The zero-order valence-corrected chi connectivity index (χ0v) is 8.25. The van der Waals surface area contributed by atoms with Crippen LogP contribution < -0.4 is 0 Å². The fourth-order valence-corrected chi connectivity index (χ4v) is 1.32. The Morgan fingerprint density at radius 3 is 2.31 bits per heavy atom. The van der Waals surface area contributed by atoms with E-state index < -0.39 is 23.8 Å². The van der Waals surface area contributed by atoms with Gasteiger partial charge in [0, 0.05) is 0 Å². The van der Waals surface area contributed by atoms with Crippen LogP contribution in [0.25, 0.3) is 0 Å². The Balaban J connectivity index is 3.14. The number of benzene rings is 1. The van der Waals surface area contributed by atoms with E-state index in [1.54, 1.807) is 0 Å². The van der Waals surface area contributed by atoms with E-state index in [1.807, 2.05) is 0 Å². The van der Waals surface area contributed by atoms with Crippen molar-refractivity contribution in [3.8, 4) is 0 Å². The maximum atomic E-state index is 12.4. The number of carboxylic acids is 1. The Bertz CT molecular complexity index is 412. The fourth-order valence-electron chi connectivity index (χ4n) is 1.32. The molecule has 0 aliphatic rings. The minimum absolute atomic E-state index is 0.0713. The second-order valence-electron chi connectivity index (χ2n) is 3.31. The number of hydrogen-bond acceptors (Lipinski definition) is 2. The van der Waals surface area contributed by atoms with Crippen LogP contribution in [-0.4, -0.2) is 16.2 Å². The van der Waals surface area contributed by atoms with Crippen LogP contribution >= 0.6 is 0 Å². The van der Waals surface area contributed by atoms with Gasteiger partial charge in [-0.05, 0) is 24.1 Å². The minimum atomic E-state index is -4.48. The first-order valence-electron chi connectivity index (χ1n) is 4.32. The summed E-state index contributed by atoms with van der Waals surface area (Å²) >= 11 is 0. The van der Waals surface area contributed by atoms with Crippen molar-refractivity contribution in [2.75, 3.05) is 0 Å². The molecule has 0 aliphatic heterocycles. The molecule has 0 saturated carbocycles. The van der Waals surface area contributed by atoms with Crippen molar-refractivity contribution in [1.29, 1.82) is 0 Å². The molecule has 0 saturated heterocycles. The average molecular weight is 234 g/mol. The highest BCUT2D eigenvalue weighted by Crippen LogP contribution is 2.32. The van der Waals surface area contributed by atoms with Crippen LogP contribution in [0.3, 0.4) is 0 Å². The third-order valence-electron chi connectivity index (χ3n) is 2.11. The van der Waals surface area contributed by atoms with Crippen molar-refractivity contribution in [1.82, 2.24) is 0 Å². The lowest BCUT2D eigenvalue weighted by molar-refractivity contribution is -0.146. The number of hydrogen-bond donors (Lipinski definition) is 2. The van der Waals surface area contributed by atoms with E-state index in [2.05, 4.69) is 0 Å². The fraction of sp³-hybridized carbons (Fsp3) is 0.300. The number of rotatable bonds is 2. The predicted molar refractivity (Wildman–Crippen MR) is 48.8 cm³/mol. The molecule has 0 fully saturated rings. The van der Waals surface area contributed by atoms with Gasteiger partial charge in [-0.15, -0.1) is 0 Å². The Labute approximate surface area is 89.1 Å². The molecule has 0 spiro atoms. The van der Waals surface area contributed by atoms with Crippen LogP contribution in [0.5, 0.6) is 0 Å². The van der Waals surface area contributed by atoms with Crippen molar-refractivity contribution in [2.24, 2.45) is 0 Å². The van der Waals surface area contributed by atoms with Gasteiger partial charge in [0.2, 0.25) is 0 Å². The van der Waals surface area contributed by atoms with E-state index in [0.717, 1.165) is 18.2 Å². The molecule has 2 N–H and O–H groups in total. The van der Waals surface area contributed by atoms with Crippen LogP contribution in [0.4, 0.5) is 13.2 Å². The quantitative estimate of drug-likeness (QED) is 0.824. The van der Waals surface area contributed by atoms with Gasteiger partial charge in [-0.25, -0.2) is 4.79 Å². The van der Waals surface area contributed by atoms with Gasteiger partial charge in [0.15, 0.2) is 6.10 Å². The predicted octanol–water partition coefficient (Wildman–Crippen LogP) is 2.13. The molecule has 0 aromatic heterocycles. The van der Waals surface area contributed by atoms with Crippen molar-refractivity contribution in [2.45, 2.75) is 19.2 Å². The first kappa shape index (κ1) is 12.5. The van der Waals surface area contributed by atoms with Crippen molar-refractivity contribution in [3.05, 3.63) is 34.9 Å². The SMILES string of the molecule is Cc1cc(C(O)C(=O)O)ccc1C(F)(F)F. The van der Waals surface area contributed by atoms with E-state index in [9.17, 15) is 18.0 Å². The van der Waals surface area contributed by atoms with Gasteiger partial charge >= 0.3 is 12.1 Å². The zero-order chi connectivity index (χ0) is 12.5. The highest BCUT2D eigenvalue weighted by atomic mass is 19.4. The lowest BCUT2D eigenvalue weighted by atomic mass is 10.0. The third-order valence-corrected chi connectivity index (χ3v) is 2.11. The van der Waals surface area contributed by atoms with Crippen LogP contribution in [0.2, 0.25) is 0 Å². The Hall–Kier alpha value is -1.56. The summed E-state index contributed by atoms with van der Waals surface area (Å²) in [7, 11) is 0. The van der Waals surface area contributed by atoms with Crippen molar-refractivity contribution >= 4 is 5.97 Å². The number of aliphatic hydroxyl groups excluding tert-OH is 1.